The number of nitrogens with zero attached hydrogens (tertiary/aromatic N) is 3. The Morgan fingerprint density at radius 1 is 1.15 bits per heavy atom. The van der Waals surface area contributed by atoms with Crippen molar-refractivity contribution in [1.82, 2.24) is 14.4 Å². The molecule has 3 heterocycles. The molecule has 0 unspecified atom stereocenters. The van der Waals surface area contributed by atoms with E-state index in [1.165, 1.54) is 5.56 Å². The van der Waals surface area contributed by atoms with Gasteiger partial charge in [0.15, 0.2) is 0 Å². The van der Waals surface area contributed by atoms with Crippen LogP contribution in [-0.4, -0.2) is 64.6 Å². The van der Waals surface area contributed by atoms with Crippen LogP contribution in [0.4, 0.5) is 0 Å². The molecule has 1 spiro atoms. The Labute approximate surface area is 194 Å². The lowest BCUT2D eigenvalue weighted by molar-refractivity contribution is -0.150. The molecule has 1 N–H and O–H groups in total. The van der Waals surface area contributed by atoms with Crippen molar-refractivity contribution in [2.24, 2.45) is 18.9 Å². The molecule has 6 rings (SSSR count). The van der Waals surface area contributed by atoms with Gasteiger partial charge in [-0.05, 0) is 49.3 Å². The second-order valence-electron chi connectivity index (χ2n) is 10.7. The third-order valence-corrected chi connectivity index (χ3v) is 8.55. The minimum Gasteiger partial charge on any atom is -0.497 e. The van der Waals surface area contributed by atoms with Crippen molar-refractivity contribution in [3.63, 3.8) is 0 Å². The lowest BCUT2D eigenvalue weighted by Crippen LogP contribution is -2.69. The van der Waals surface area contributed by atoms with Crippen LogP contribution in [0.3, 0.4) is 0 Å². The highest BCUT2D eigenvalue weighted by atomic mass is 16.5. The average Bonchev–Trinajstić information content (AvgIpc) is 3.52. The minimum absolute atomic E-state index is 0.106. The number of aliphatic hydroxyl groups excluding tert-OH is 1. The van der Waals surface area contributed by atoms with E-state index >= 15 is 0 Å². The summed E-state index contributed by atoms with van der Waals surface area (Å²) in [6.07, 6.45) is 5.95. The van der Waals surface area contributed by atoms with E-state index in [-0.39, 0.29) is 35.8 Å². The summed E-state index contributed by atoms with van der Waals surface area (Å²) in [5.41, 5.74) is 2.97. The molecule has 1 saturated heterocycles. The number of hydrogen-bond donors (Lipinski definition) is 1. The summed E-state index contributed by atoms with van der Waals surface area (Å²) in [5, 5.41) is 11.6. The van der Waals surface area contributed by atoms with Gasteiger partial charge in [0.1, 0.15) is 5.75 Å². The molecule has 33 heavy (non-hydrogen) atoms. The molecule has 2 aliphatic carbocycles. The molecule has 1 aromatic heterocycles. The number of methoxy groups -OCH3 is 1. The number of aromatic nitrogens is 1. The van der Waals surface area contributed by atoms with E-state index in [9.17, 15) is 14.7 Å². The highest BCUT2D eigenvalue weighted by molar-refractivity contribution is 5.91. The van der Waals surface area contributed by atoms with Gasteiger partial charge in [0.2, 0.25) is 11.8 Å². The Bertz CT molecular complexity index is 1120. The van der Waals surface area contributed by atoms with Crippen LogP contribution in [0.1, 0.15) is 55.8 Å². The van der Waals surface area contributed by atoms with Crippen LogP contribution in [0.5, 0.6) is 5.75 Å². The number of carbonyl (C=O) groups is 2. The Morgan fingerprint density at radius 3 is 2.52 bits per heavy atom. The van der Waals surface area contributed by atoms with Crippen molar-refractivity contribution in [2.45, 2.75) is 50.0 Å². The summed E-state index contributed by atoms with van der Waals surface area (Å²) in [6, 6.07) is 5.74. The lowest BCUT2D eigenvalue weighted by Gasteiger charge is -2.57. The molecule has 2 amide bonds. The van der Waals surface area contributed by atoms with Crippen molar-refractivity contribution in [2.75, 3.05) is 33.4 Å². The Balaban J connectivity index is 1.44. The molecular weight excluding hydrogens is 418 g/mol. The maximum Gasteiger partial charge on any atom is 0.225 e. The van der Waals surface area contributed by atoms with Crippen LogP contribution in [0.2, 0.25) is 0 Å². The molecule has 7 nitrogen and oxygen atoms in total. The third kappa shape index (κ3) is 3.11. The smallest absolute Gasteiger partial charge is 0.225 e. The molecule has 4 aliphatic rings. The SMILES string of the molecule is COc1ccc2c3c(n(C)c2c1)[C@H](CO)N(C(=O)CC1CC1)CC31CN(C(=O)C2CCC2)C1. The van der Waals surface area contributed by atoms with E-state index in [0.717, 1.165) is 54.5 Å². The zero-order valence-electron chi connectivity index (χ0n) is 19.5. The summed E-state index contributed by atoms with van der Waals surface area (Å²) in [6.45, 7) is 1.75. The van der Waals surface area contributed by atoms with Crippen LogP contribution < -0.4 is 4.74 Å². The Morgan fingerprint density at radius 2 is 1.91 bits per heavy atom. The van der Waals surface area contributed by atoms with Crippen molar-refractivity contribution in [3.05, 3.63) is 29.5 Å². The van der Waals surface area contributed by atoms with Crippen molar-refractivity contribution in [3.8, 4) is 5.75 Å². The van der Waals surface area contributed by atoms with E-state index in [1.807, 2.05) is 29.0 Å². The summed E-state index contributed by atoms with van der Waals surface area (Å²) >= 11 is 0. The number of fused-ring (bicyclic) bond motifs is 4. The quantitative estimate of drug-likeness (QED) is 0.759. The maximum absolute atomic E-state index is 13.4. The van der Waals surface area contributed by atoms with Crippen LogP contribution in [0.25, 0.3) is 10.9 Å². The van der Waals surface area contributed by atoms with Crippen LogP contribution in [0.15, 0.2) is 18.2 Å². The number of rotatable bonds is 5. The molecule has 2 aromatic rings. The van der Waals surface area contributed by atoms with Crippen LogP contribution >= 0.6 is 0 Å². The van der Waals surface area contributed by atoms with E-state index in [1.54, 1.807) is 7.11 Å². The molecule has 0 bridgehead atoms. The molecule has 3 fully saturated rings. The van der Waals surface area contributed by atoms with Crippen molar-refractivity contribution in [1.29, 1.82) is 0 Å². The molecule has 176 valence electrons. The van der Waals surface area contributed by atoms with E-state index in [4.69, 9.17) is 4.74 Å². The first kappa shape index (κ1) is 21.0. The molecular formula is C26H33N3O4. The molecule has 7 heteroatoms. The highest BCUT2D eigenvalue weighted by Crippen LogP contribution is 2.50. The number of hydrogen-bond acceptors (Lipinski definition) is 4. The van der Waals surface area contributed by atoms with Gasteiger partial charge >= 0.3 is 0 Å². The standard InChI is InChI=1S/C26H33N3O4/c1-27-20-11-18(33-2)8-9-19(20)23-24(27)21(12-30)29(22(31)10-16-6-7-16)15-26(23)13-28(14-26)25(32)17-4-3-5-17/h8-9,11,16-17,21,30H,3-7,10,12-15H2,1-2H3/t21-/m0/s1. The normalized spacial score (nSPS) is 23.9. The zero-order chi connectivity index (χ0) is 22.9. The average molecular weight is 452 g/mol. The Kier molecular flexibility index (Phi) is 4.77. The summed E-state index contributed by atoms with van der Waals surface area (Å²) in [4.78, 5) is 30.3. The molecule has 2 aliphatic heterocycles. The predicted molar refractivity (Wildman–Crippen MR) is 124 cm³/mol. The fourth-order valence-corrected chi connectivity index (χ4v) is 6.32. The largest absolute Gasteiger partial charge is 0.497 e. The fraction of sp³-hybridized carbons (Fsp3) is 0.615. The predicted octanol–water partition coefficient (Wildman–Crippen LogP) is 2.74. The van der Waals surface area contributed by atoms with Gasteiger partial charge in [0.25, 0.3) is 0 Å². The van der Waals surface area contributed by atoms with E-state index in [0.29, 0.717) is 32.0 Å². The van der Waals surface area contributed by atoms with Gasteiger partial charge in [-0.2, -0.15) is 0 Å². The topological polar surface area (TPSA) is 75.0 Å². The second kappa shape index (κ2) is 7.49. The summed E-state index contributed by atoms with van der Waals surface area (Å²) in [7, 11) is 3.68. The number of ether oxygens (including phenoxy) is 1. The van der Waals surface area contributed by atoms with Gasteiger partial charge in [-0.25, -0.2) is 0 Å². The van der Waals surface area contributed by atoms with Crippen molar-refractivity contribution >= 4 is 22.7 Å². The fourth-order valence-electron chi connectivity index (χ4n) is 6.32. The Hall–Kier alpha value is -2.54. The molecule has 1 aromatic carbocycles. The first-order valence-electron chi connectivity index (χ1n) is 12.3. The second-order valence-corrected chi connectivity index (χ2v) is 10.7. The number of aliphatic hydroxyl groups is 1. The van der Waals surface area contributed by atoms with Crippen LogP contribution in [-0.2, 0) is 22.1 Å². The first-order valence-corrected chi connectivity index (χ1v) is 12.3. The number of carbonyl (C=O) groups excluding carboxylic acids is 2. The zero-order valence-corrected chi connectivity index (χ0v) is 19.5. The number of amides is 2. The third-order valence-electron chi connectivity index (χ3n) is 8.55. The molecule has 2 saturated carbocycles. The molecule has 1 atom stereocenters. The van der Waals surface area contributed by atoms with Crippen LogP contribution in [0, 0.1) is 11.8 Å². The number of benzene rings is 1. The van der Waals surface area contributed by atoms with Gasteiger partial charge in [0, 0.05) is 56.2 Å². The van der Waals surface area contributed by atoms with Gasteiger partial charge < -0.3 is 24.2 Å². The monoisotopic (exact) mass is 451 g/mol. The minimum atomic E-state index is -0.364. The lowest BCUT2D eigenvalue weighted by atomic mass is 9.67. The molecule has 0 radical (unpaired) electrons. The summed E-state index contributed by atoms with van der Waals surface area (Å²) in [5.74, 6) is 1.86. The number of likely N-dealkylation sites (tertiary alicyclic amines) is 1. The summed E-state index contributed by atoms with van der Waals surface area (Å²) < 4.78 is 7.61. The van der Waals surface area contributed by atoms with E-state index < -0.39 is 0 Å². The van der Waals surface area contributed by atoms with Crippen molar-refractivity contribution < 1.29 is 19.4 Å². The van der Waals surface area contributed by atoms with Gasteiger partial charge in [-0.1, -0.05) is 6.42 Å². The van der Waals surface area contributed by atoms with Gasteiger partial charge in [-0.3, -0.25) is 9.59 Å². The van der Waals surface area contributed by atoms with Gasteiger partial charge in [-0.15, -0.1) is 0 Å². The van der Waals surface area contributed by atoms with E-state index in [2.05, 4.69) is 10.6 Å². The first-order chi connectivity index (χ1) is 16.0. The maximum atomic E-state index is 13.4. The van der Waals surface area contributed by atoms with Gasteiger partial charge in [0.05, 0.1) is 30.7 Å². The number of aryl methyl sites for hydroxylation is 1. The highest BCUT2D eigenvalue weighted by Gasteiger charge is 2.56.